The van der Waals surface area contributed by atoms with E-state index >= 15 is 0 Å². The van der Waals surface area contributed by atoms with E-state index in [1.807, 2.05) is 62.4 Å². The van der Waals surface area contributed by atoms with Crippen LogP contribution in [0.2, 0.25) is 0 Å². The molecule has 0 N–H and O–H groups in total. The number of carbonyl (C=O) groups is 1. The Hall–Kier alpha value is -2.81. The molecule has 1 aliphatic heterocycles. The number of nitrogens with zero attached hydrogens (tertiary/aromatic N) is 1. The summed E-state index contributed by atoms with van der Waals surface area (Å²) in [7, 11) is 0. The Bertz CT molecular complexity index is 1050. The van der Waals surface area contributed by atoms with Gasteiger partial charge in [0.15, 0.2) is 11.5 Å². The molecule has 0 radical (unpaired) electrons. The zero-order chi connectivity index (χ0) is 24.3. The van der Waals surface area contributed by atoms with Crippen LogP contribution in [0.25, 0.3) is 6.08 Å². The SMILES string of the molecule is C=CCN1C(=O)C(=Cc2ccc(OCCOCCOc3ccccc3C)c(OCC)c2)SC1=S. The molecule has 1 aliphatic rings. The molecule has 3 rings (SSSR count). The summed E-state index contributed by atoms with van der Waals surface area (Å²) in [5, 5.41) is 0. The van der Waals surface area contributed by atoms with Gasteiger partial charge in [-0.1, -0.05) is 54.3 Å². The lowest BCUT2D eigenvalue weighted by molar-refractivity contribution is -0.121. The van der Waals surface area contributed by atoms with Crippen molar-refractivity contribution in [2.24, 2.45) is 0 Å². The molecule has 0 bridgehead atoms. The average molecular weight is 500 g/mol. The van der Waals surface area contributed by atoms with E-state index in [-0.39, 0.29) is 5.91 Å². The second-order valence-corrected chi connectivity index (χ2v) is 8.97. The Morgan fingerprint density at radius 1 is 1.00 bits per heavy atom. The average Bonchev–Trinajstić information content (AvgIpc) is 3.08. The van der Waals surface area contributed by atoms with Crippen molar-refractivity contribution >= 4 is 40.3 Å². The number of hydrogen-bond donors (Lipinski definition) is 0. The molecular formula is C26H29NO5S2. The van der Waals surface area contributed by atoms with Gasteiger partial charge >= 0.3 is 0 Å². The van der Waals surface area contributed by atoms with Gasteiger partial charge in [-0.15, -0.1) is 6.58 Å². The van der Waals surface area contributed by atoms with Crippen LogP contribution in [0.15, 0.2) is 60.0 Å². The molecule has 2 aromatic carbocycles. The summed E-state index contributed by atoms with van der Waals surface area (Å²) in [6.45, 7) is 10.2. The first kappa shape index (κ1) is 25.8. The van der Waals surface area contributed by atoms with Crippen molar-refractivity contribution in [1.29, 1.82) is 0 Å². The summed E-state index contributed by atoms with van der Waals surface area (Å²) in [5.41, 5.74) is 1.93. The van der Waals surface area contributed by atoms with Crippen LogP contribution in [0.4, 0.5) is 0 Å². The van der Waals surface area contributed by atoms with Crippen molar-refractivity contribution in [3.05, 3.63) is 71.2 Å². The van der Waals surface area contributed by atoms with E-state index in [0.29, 0.717) is 60.3 Å². The highest BCUT2D eigenvalue weighted by atomic mass is 32.2. The number of rotatable bonds is 13. The molecule has 0 unspecified atom stereocenters. The molecular weight excluding hydrogens is 470 g/mol. The van der Waals surface area contributed by atoms with Crippen molar-refractivity contribution in [3.8, 4) is 17.2 Å². The van der Waals surface area contributed by atoms with Gasteiger partial charge in [0.1, 0.15) is 23.3 Å². The zero-order valence-corrected chi connectivity index (χ0v) is 21.1. The lowest BCUT2D eigenvalue weighted by atomic mass is 10.2. The molecule has 34 heavy (non-hydrogen) atoms. The van der Waals surface area contributed by atoms with Gasteiger partial charge in [0.25, 0.3) is 5.91 Å². The summed E-state index contributed by atoms with van der Waals surface area (Å²) in [6, 6.07) is 13.5. The van der Waals surface area contributed by atoms with Crippen LogP contribution in [-0.4, -0.2) is 54.7 Å². The first-order valence-corrected chi connectivity index (χ1v) is 12.3. The molecule has 2 aromatic rings. The zero-order valence-electron chi connectivity index (χ0n) is 19.5. The molecule has 0 spiro atoms. The number of para-hydroxylation sites is 1. The first-order valence-electron chi connectivity index (χ1n) is 11.1. The Morgan fingerprint density at radius 3 is 2.44 bits per heavy atom. The molecule has 0 aromatic heterocycles. The number of ether oxygens (including phenoxy) is 4. The van der Waals surface area contributed by atoms with Crippen molar-refractivity contribution in [2.45, 2.75) is 13.8 Å². The standard InChI is InChI=1S/C26H29NO5S2/c1-4-12-27-25(28)24(34-26(27)33)18-20-10-11-22(23(17-20)30-5-2)32-16-14-29-13-15-31-21-9-7-6-8-19(21)3/h4,6-11,17-18H,1,5,12-16H2,2-3H3. The summed E-state index contributed by atoms with van der Waals surface area (Å²) < 4.78 is 23.5. The number of thioether (sulfide) groups is 1. The van der Waals surface area contributed by atoms with Gasteiger partial charge in [0, 0.05) is 6.54 Å². The van der Waals surface area contributed by atoms with Gasteiger partial charge in [0.2, 0.25) is 0 Å². The minimum Gasteiger partial charge on any atom is -0.491 e. The van der Waals surface area contributed by atoms with Gasteiger partial charge < -0.3 is 18.9 Å². The quantitative estimate of drug-likeness (QED) is 0.161. The van der Waals surface area contributed by atoms with Gasteiger partial charge in [-0.2, -0.15) is 0 Å². The van der Waals surface area contributed by atoms with E-state index in [2.05, 4.69) is 6.58 Å². The smallest absolute Gasteiger partial charge is 0.266 e. The fraction of sp³-hybridized carbons (Fsp3) is 0.308. The molecule has 8 heteroatoms. The highest BCUT2D eigenvalue weighted by Crippen LogP contribution is 2.34. The van der Waals surface area contributed by atoms with Crippen LogP contribution in [-0.2, 0) is 9.53 Å². The summed E-state index contributed by atoms with van der Waals surface area (Å²) in [4.78, 5) is 14.7. The minimum atomic E-state index is -0.114. The first-order chi connectivity index (χ1) is 16.5. The number of thiocarbonyl (C=S) groups is 1. The predicted molar refractivity (Wildman–Crippen MR) is 141 cm³/mol. The highest BCUT2D eigenvalue weighted by Gasteiger charge is 2.31. The predicted octanol–water partition coefficient (Wildman–Crippen LogP) is 5.26. The van der Waals surface area contributed by atoms with E-state index in [4.69, 9.17) is 31.2 Å². The molecule has 180 valence electrons. The van der Waals surface area contributed by atoms with Crippen molar-refractivity contribution in [1.82, 2.24) is 4.90 Å². The molecule has 1 saturated heterocycles. The Morgan fingerprint density at radius 2 is 1.74 bits per heavy atom. The van der Waals surface area contributed by atoms with Crippen LogP contribution in [0.1, 0.15) is 18.1 Å². The monoisotopic (exact) mass is 499 g/mol. The Kier molecular flexibility index (Phi) is 10.00. The van der Waals surface area contributed by atoms with Crippen molar-refractivity contribution < 1.29 is 23.7 Å². The number of carbonyl (C=O) groups excluding carboxylic acids is 1. The van der Waals surface area contributed by atoms with E-state index in [9.17, 15) is 4.79 Å². The maximum absolute atomic E-state index is 12.6. The lowest BCUT2D eigenvalue weighted by Gasteiger charge is -2.13. The number of aryl methyl sites for hydroxylation is 1. The fourth-order valence-corrected chi connectivity index (χ4v) is 4.46. The van der Waals surface area contributed by atoms with Gasteiger partial charge in [0.05, 0.1) is 24.7 Å². The lowest BCUT2D eigenvalue weighted by Crippen LogP contribution is -2.27. The van der Waals surface area contributed by atoms with Crippen LogP contribution in [0, 0.1) is 6.92 Å². The molecule has 6 nitrogen and oxygen atoms in total. The summed E-state index contributed by atoms with van der Waals surface area (Å²) in [6.07, 6.45) is 3.47. The van der Waals surface area contributed by atoms with Crippen LogP contribution in [0.3, 0.4) is 0 Å². The number of hydrogen-bond acceptors (Lipinski definition) is 7. The maximum atomic E-state index is 12.6. The van der Waals surface area contributed by atoms with Gasteiger partial charge in [-0.05, 0) is 49.2 Å². The third kappa shape index (κ3) is 7.09. The van der Waals surface area contributed by atoms with E-state index in [1.54, 1.807) is 6.08 Å². The Labute approximate surface area is 210 Å². The van der Waals surface area contributed by atoms with E-state index < -0.39 is 0 Å². The molecule has 0 saturated carbocycles. The van der Waals surface area contributed by atoms with Gasteiger partial charge in [-0.3, -0.25) is 9.69 Å². The Balaban J connectivity index is 1.50. The van der Waals surface area contributed by atoms with Crippen LogP contribution in [0.5, 0.6) is 17.2 Å². The van der Waals surface area contributed by atoms with Crippen molar-refractivity contribution in [2.75, 3.05) is 39.6 Å². The van der Waals surface area contributed by atoms with Crippen LogP contribution < -0.4 is 14.2 Å². The molecule has 1 fully saturated rings. The van der Waals surface area contributed by atoms with E-state index in [0.717, 1.165) is 16.9 Å². The molecule has 0 aliphatic carbocycles. The normalized spacial score (nSPS) is 14.5. The molecule has 0 atom stereocenters. The maximum Gasteiger partial charge on any atom is 0.266 e. The summed E-state index contributed by atoms with van der Waals surface area (Å²) in [5.74, 6) is 1.99. The van der Waals surface area contributed by atoms with Crippen LogP contribution >= 0.6 is 24.0 Å². The molecule has 1 heterocycles. The summed E-state index contributed by atoms with van der Waals surface area (Å²) >= 11 is 6.58. The highest BCUT2D eigenvalue weighted by molar-refractivity contribution is 8.26. The number of amides is 1. The fourth-order valence-electron chi connectivity index (χ4n) is 3.18. The number of benzene rings is 2. The largest absolute Gasteiger partial charge is 0.491 e. The van der Waals surface area contributed by atoms with E-state index in [1.165, 1.54) is 16.7 Å². The topological polar surface area (TPSA) is 57.2 Å². The third-order valence-electron chi connectivity index (χ3n) is 4.81. The minimum absolute atomic E-state index is 0.114. The van der Waals surface area contributed by atoms with Gasteiger partial charge in [-0.25, -0.2) is 0 Å². The second kappa shape index (κ2) is 13.2. The van der Waals surface area contributed by atoms with Crippen molar-refractivity contribution in [3.63, 3.8) is 0 Å². The third-order valence-corrected chi connectivity index (χ3v) is 6.19. The molecule has 1 amide bonds. The second-order valence-electron chi connectivity index (χ2n) is 7.29.